The van der Waals surface area contributed by atoms with Gasteiger partial charge in [0.05, 0.1) is 0 Å². The largest absolute Gasteiger partial charge is 0.454 e. The van der Waals surface area contributed by atoms with Crippen LogP contribution < -0.4 is 5.14 Å². The topological polar surface area (TPSA) is 86.5 Å². The van der Waals surface area contributed by atoms with Gasteiger partial charge in [-0.1, -0.05) is 0 Å². The fourth-order valence-electron chi connectivity index (χ4n) is 1.33. The van der Waals surface area contributed by atoms with E-state index in [2.05, 4.69) is 0 Å². The lowest BCUT2D eigenvalue weighted by molar-refractivity contribution is -0.150. The van der Waals surface area contributed by atoms with Crippen molar-refractivity contribution in [1.82, 2.24) is 0 Å². The first-order valence-electron chi connectivity index (χ1n) is 4.65. The van der Waals surface area contributed by atoms with Gasteiger partial charge in [0.1, 0.15) is 10.4 Å². The molecule has 1 aromatic rings. The molecule has 0 bridgehead atoms. The van der Waals surface area contributed by atoms with Crippen molar-refractivity contribution in [1.29, 1.82) is 0 Å². The predicted molar refractivity (Wildman–Crippen MR) is 60.8 cm³/mol. The summed E-state index contributed by atoms with van der Waals surface area (Å²) in [6, 6.07) is 1.38. The van der Waals surface area contributed by atoms with Gasteiger partial charge in [-0.2, -0.15) is 0 Å². The third-order valence-corrected chi connectivity index (χ3v) is 4.39. The van der Waals surface area contributed by atoms with Crippen molar-refractivity contribution in [2.45, 2.75) is 30.3 Å². The van der Waals surface area contributed by atoms with Gasteiger partial charge in [-0.25, -0.2) is 17.9 Å². The minimum absolute atomic E-state index is 0.0719. The van der Waals surface area contributed by atoms with Crippen LogP contribution in [0, 0.1) is 0 Å². The normalized spacial score (nSPS) is 15.3. The summed E-state index contributed by atoms with van der Waals surface area (Å²) in [5.74, 6) is -0.689. The summed E-state index contributed by atoms with van der Waals surface area (Å²) in [4.78, 5) is 10.8. The molecule has 8 heteroatoms. The Balaban J connectivity index is 3.20. The average molecular weight is 281 g/mol. The molecule has 1 rings (SSSR count). The number of primary sulfonamides is 1. The molecule has 0 radical (unpaired) electrons. The SMILES string of the molecule is CC(=O)OC(c1ccsc1S(N)(=O)=O)C(C)F. The van der Waals surface area contributed by atoms with E-state index in [4.69, 9.17) is 9.88 Å². The van der Waals surface area contributed by atoms with Crippen molar-refractivity contribution in [3.8, 4) is 0 Å². The summed E-state index contributed by atoms with van der Waals surface area (Å²) in [7, 11) is -3.94. The molecule has 2 unspecified atom stereocenters. The number of carbonyl (C=O) groups excluding carboxylic acids is 1. The van der Waals surface area contributed by atoms with E-state index in [1.807, 2.05) is 0 Å². The Morgan fingerprint density at radius 1 is 1.59 bits per heavy atom. The first kappa shape index (κ1) is 14.1. The van der Waals surface area contributed by atoms with Crippen LogP contribution in [0.15, 0.2) is 15.7 Å². The number of hydrogen-bond acceptors (Lipinski definition) is 5. The molecule has 0 fully saturated rings. The number of nitrogens with two attached hydrogens (primary N) is 1. The van der Waals surface area contributed by atoms with Crippen LogP contribution >= 0.6 is 11.3 Å². The molecule has 96 valence electrons. The fourth-order valence-corrected chi connectivity index (χ4v) is 3.21. The maximum atomic E-state index is 13.3. The van der Waals surface area contributed by atoms with E-state index in [0.29, 0.717) is 0 Å². The van der Waals surface area contributed by atoms with Gasteiger partial charge < -0.3 is 4.74 Å². The van der Waals surface area contributed by atoms with Crippen LogP contribution in [0.2, 0.25) is 0 Å². The van der Waals surface area contributed by atoms with Gasteiger partial charge in [0.15, 0.2) is 6.10 Å². The van der Waals surface area contributed by atoms with Gasteiger partial charge in [-0.3, -0.25) is 4.79 Å². The second-order valence-electron chi connectivity index (χ2n) is 3.42. The van der Waals surface area contributed by atoms with Crippen molar-refractivity contribution in [3.05, 3.63) is 17.0 Å². The average Bonchev–Trinajstić information content (AvgIpc) is 2.60. The van der Waals surface area contributed by atoms with Gasteiger partial charge in [0, 0.05) is 12.5 Å². The Bertz CT molecular complexity index is 509. The summed E-state index contributed by atoms with van der Waals surface area (Å²) in [6.45, 7) is 2.30. The van der Waals surface area contributed by atoms with Gasteiger partial charge in [0.2, 0.25) is 10.0 Å². The lowest BCUT2D eigenvalue weighted by Gasteiger charge is -2.18. The van der Waals surface area contributed by atoms with Crippen LogP contribution in [0.3, 0.4) is 0 Å². The second-order valence-corrected chi connectivity index (χ2v) is 6.09. The van der Waals surface area contributed by atoms with E-state index in [-0.39, 0.29) is 9.77 Å². The first-order chi connectivity index (χ1) is 7.73. The predicted octanol–water partition coefficient (Wildman–Crippen LogP) is 1.36. The van der Waals surface area contributed by atoms with Gasteiger partial charge in [0.25, 0.3) is 0 Å². The number of ether oxygens (including phenoxy) is 1. The number of alkyl halides is 1. The maximum absolute atomic E-state index is 13.3. The van der Waals surface area contributed by atoms with Crippen LogP contribution in [0.4, 0.5) is 4.39 Å². The van der Waals surface area contributed by atoms with Gasteiger partial charge in [-0.05, 0) is 18.4 Å². The lowest BCUT2D eigenvalue weighted by atomic mass is 10.1. The molecule has 0 aliphatic carbocycles. The molecule has 2 N–H and O–H groups in total. The summed E-state index contributed by atoms with van der Waals surface area (Å²) >= 11 is 0.858. The minimum atomic E-state index is -3.94. The zero-order valence-corrected chi connectivity index (χ0v) is 10.8. The van der Waals surface area contributed by atoms with Crippen LogP contribution in [0.25, 0.3) is 0 Å². The zero-order valence-electron chi connectivity index (χ0n) is 9.21. The molecule has 0 aliphatic rings. The molecule has 0 saturated heterocycles. The van der Waals surface area contributed by atoms with E-state index < -0.39 is 28.3 Å². The first-order valence-corrected chi connectivity index (χ1v) is 7.07. The number of halogens is 1. The molecule has 0 saturated carbocycles. The highest BCUT2D eigenvalue weighted by atomic mass is 32.2. The standard InChI is InChI=1S/C9H12FNO4S2/c1-5(10)8(15-6(2)12)7-3-4-16-9(7)17(11,13)14/h3-5,8H,1-2H3,(H2,11,13,14). The molecule has 1 heterocycles. The third-order valence-electron chi connectivity index (χ3n) is 1.93. The molecule has 0 aromatic carbocycles. The Labute approximate surface area is 102 Å². The molecule has 0 amide bonds. The van der Waals surface area contributed by atoms with Gasteiger partial charge >= 0.3 is 5.97 Å². The summed E-state index contributed by atoms with van der Waals surface area (Å²) in [5, 5.41) is 6.44. The molecule has 0 aliphatic heterocycles. The Kier molecular flexibility index (Phi) is 4.23. The van der Waals surface area contributed by atoms with Crippen LogP contribution in [-0.2, 0) is 19.6 Å². The van der Waals surface area contributed by atoms with Crippen molar-refractivity contribution >= 4 is 27.3 Å². The third kappa shape index (κ3) is 3.48. The van der Waals surface area contributed by atoms with Gasteiger partial charge in [-0.15, -0.1) is 11.3 Å². The fraction of sp³-hybridized carbons (Fsp3) is 0.444. The monoisotopic (exact) mass is 281 g/mol. The van der Waals surface area contributed by atoms with Crippen LogP contribution in [-0.4, -0.2) is 20.6 Å². The van der Waals surface area contributed by atoms with E-state index in [9.17, 15) is 17.6 Å². The van der Waals surface area contributed by atoms with Crippen molar-refractivity contribution in [2.24, 2.45) is 5.14 Å². The Hall–Kier alpha value is -0.990. The number of carbonyl (C=O) groups is 1. The number of sulfonamides is 1. The minimum Gasteiger partial charge on any atom is -0.454 e. The number of hydrogen-bond donors (Lipinski definition) is 1. The summed E-state index contributed by atoms with van der Waals surface area (Å²) in [5.41, 5.74) is 0.0719. The highest BCUT2D eigenvalue weighted by Crippen LogP contribution is 2.32. The second kappa shape index (κ2) is 5.11. The van der Waals surface area contributed by atoms with E-state index in [1.54, 1.807) is 0 Å². The molecule has 0 spiro atoms. The van der Waals surface area contributed by atoms with E-state index in [0.717, 1.165) is 18.3 Å². The molecular weight excluding hydrogens is 269 g/mol. The van der Waals surface area contributed by atoms with Crippen molar-refractivity contribution < 1.29 is 22.3 Å². The highest BCUT2D eigenvalue weighted by molar-refractivity contribution is 7.91. The molecule has 1 aromatic heterocycles. The molecule has 17 heavy (non-hydrogen) atoms. The van der Waals surface area contributed by atoms with Crippen LogP contribution in [0.5, 0.6) is 0 Å². The lowest BCUT2D eigenvalue weighted by Crippen LogP contribution is -2.20. The maximum Gasteiger partial charge on any atom is 0.303 e. The molecule has 2 atom stereocenters. The summed E-state index contributed by atoms with van der Waals surface area (Å²) in [6.07, 6.45) is -2.79. The smallest absolute Gasteiger partial charge is 0.303 e. The Morgan fingerprint density at radius 3 is 2.59 bits per heavy atom. The summed E-state index contributed by atoms with van der Waals surface area (Å²) < 4.78 is 40.4. The zero-order chi connectivity index (χ0) is 13.2. The van der Waals surface area contributed by atoms with Crippen LogP contribution in [0.1, 0.15) is 25.5 Å². The number of rotatable bonds is 4. The van der Waals surface area contributed by atoms with Crippen molar-refractivity contribution in [3.63, 3.8) is 0 Å². The molecular formula is C9H12FNO4S2. The Morgan fingerprint density at radius 2 is 2.18 bits per heavy atom. The highest BCUT2D eigenvalue weighted by Gasteiger charge is 2.29. The molecule has 5 nitrogen and oxygen atoms in total. The quantitative estimate of drug-likeness (QED) is 0.844. The number of thiophene rings is 1. The van der Waals surface area contributed by atoms with E-state index in [1.165, 1.54) is 18.4 Å². The van der Waals surface area contributed by atoms with Crippen molar-refractivity contribution in [2.75, 3.05) is 0 Å². The van der Waals surface area contributed by atoms with E-state index >= 15 is 0 Å². The number of esters is 1.